The number of halogens is 2. The Bertz CT molecular complexity index is 854. The molecule has 1 unspecified atom stereocenters. The zero-order valence-electron chi connectivity index (χ0n) is 13.8. The number of carbonyl (C=O) groups excluding carboxylic acids is 2. The number of fused-ring (bicyclic) bond motifs is 1. The number of hydrogen-bond donors (Lipinski definition) is 2. The van der Waals surface area contributed by atoms with E-state index in [0.29, 0.717) is 22.0 Å². The molecule has 7 heteroatoms. The molecule has 1 atom stereocenters. The van der Waals surface area contributed by atoms with Gasteiger partial charge in [-0.05, 0) is 42.0 Å². The number of benzene rings is 2. The molecule has 5 nitrogen and oxygen atoms in total. The lowest BCUT2D eigenvalue weighted by atomic mass is 9.89. The number of rotatable bonds is 3. The Morgan fingerprint density at radius 1 is 1.28 bits per heavy atom. The standard InChI is InChI=1S/C18H17ClFN3O2/c1-23(2)16-6-4-11(8-14(16)19)21-18(25)13-9-17(24)22-15-5-3-10(20)7-12(13)15/h3-8,13H,9H2,1-2H3,(H,21,25)(H,22,24). The summed E-state index contributed by atoms with van der Waals surface area (Å²) in [4.78, 5) is 26.3. The van der Waals surface area contributed by atoms with E-state index in [1.54, 1.807) is 18.2 Å². The quantitative estimate of drug-likeness (QED) is 0.878. The van der Waals surface area contributed by atoms with Gasteiger partial charge in [0.25, 0.3) is 0 Å². The summed E-state index contributed by atoms with van der Waals surface area (Å²) in [5.74, 6) is -1.87. The van der Waals surface area contributed by atoms with Gasteiger partial charge in [-0.15, -0.1) is 0 Å². The van der Waals surface area contributed by atoms with Crippen molar-refractivity contribution in [3.63, 3.8) is 0 Å². The van der Waals surface area contributed by atoms with E-state index in [1.807, 2.05) is 19.0 Å². The molecule has 2 amide bonds. The van der Waals surface area contributed by atoms with Crippen LogP contribution in [0.4, 0.5) is 21.5 Å². The van der Waals surface area contributed by atoms with E-state index < -0.39 is 11.7 Å². The first-order valence-electron chi connectivity index (χ1n) is 7.72. The minimum absolute atomic E-state index is 0.0359. The van der Waals surface area contributed by atoms with Gasteiger partial charge in [0.05, 0.1) is 16.6 Å². The van der Waals surface area contributed by atoms with Crippen molar-refractivity contribution >= 4 is 40.5 Å². The molecule has 1 aliphatic rings. The molecular weight excluding hydrogens is 345 g/mol. The van der Waals surface area contributed by atoms with Gasteiger partial charge in [0.15, 0.2) is 0 Å². The number of nitrogens with zero attached hydrogens (tertiary/aromatic N) is 1. The molecule has 25 heavy (non-hydrogen) atoms. The van der Waals surface area contributed by atoms with Crippen LogP contribution in [0.5, 0.6) is 0 Å². The third-order valence-corrected chi connectivity index (χ3v) is 4.37. The lowest BCUT2D eigenvalue weighted by molar-refractivity contribution is -0.123. The summed E-state index contributed by atoms with van der Waals surface area (Å²) >= 11 is 6.21. The van der Waals surface area contributed by atoms with Gasteiger partial charge >= 0.3 is 0 Å². The Morgan fingerprint density at radius 2 is 2.04 bits per heavy atom. The molecule has 2 aromatic carbocycles. The molecule has 0 spiro atoms. The van der Waals surface area contributed by atoms with Crippen LogP contribution in [-0.4, -0.2) is 25.9 Å². The predicted octanol–water partition coefficient (Wildman–Crippen LogP) is 3.61. The van der Waals surface area contributed by atoms with Gasteiger partial charge < -0.3 is 15.5 Å². The molecule has 0 aliphatic carbocycles. The Morgan fingerprint density at radius 3 is 2.72 bits per heavy atom. The third-order valence-electron chi connectivity index (χ3n) is 4.07. The lowest BCUT2D eigenvalue weighted by Gasteiger charge is -2.25. The maximum absolute atomic E-state index is 13.6. The minimum Gasteiger partial charge on any atom is -0.376 e. The minimum atomic E-state index is -0.758. The van der Waals surface area contributed by atoms with Crippen molar-refractivity contribution in [3.8, 4) is 0 Å². The van der Waals surface area contributed by atoms with Crippen LogP contribution in [0.3, 0.4) is 0 Å². The molecule has 0 bridgehead atoms. The molecule has 3 rings (SSSR count). The molecule has 2 N–H and O–H groups in total. The van der Waals surface area contributed by atoms with Crippen molar-refractivity contribution in [2.24, 2.45) is 0 Å². The van der Waals surface area contributed by atoms with E-state index in [9.17, 15) is 14.0 Å². The largest absolute Gasteiger partial charge is 0.376 e. The molecule has 1 aliphatic heterocycles. The second-order valence-electron chi connectivity index (χ2n) is 6.09. The van der Waals surface area contributed by atoms with Gasteiger partial charge in [0.1, 0.15) is 5.82 Å². The molecule has 130 valence electrons. The second-order valence-corrected chi connectivity index (χ2v) is 6.49. The van der Waals surface area contributed by atoms with Gasteiger partial charge in [-0.3, -0.25) is 9.59 Å². The summed E-state index contributed by atoms with van der Waals surface area (Å²) in [6, 6.07) is 9.16. The van der Waals surface area contributed by atoms with Gasteiger partial charge in [-0.2, -0.15) is 0 Å². The molecule has 0 saturated carbocycles. The summed E-state index contributed by atoms with van der Waals surface area (Å²) in [5, 5.41) is 5.90. The highest BCUT2D eigenvalue weighted by atomic mass is 35.5. The summed E-state index contributed by atoms with van der Waals surface area (Å²) in [7, 11) is 3.73. The fourth-order valence-corrected chi connectivity index (χ4v) is 3.19. The summed E-state index contributed by atoms with van der Waals surface area (Å²) in [5.41, 5.74) is 2.26. The van der Waals surface area contributed by atoms with Gasteiger partial charge in [0.2, 0.25) is 11.8 Å². The molecule has 0 radical (unpaired) electrons. The van der Waals surface area contributed by atoms with Crippen molar-refractivity contribution < 1.29 is 14.0 Å². The highest BCUT2D eigenvalue weighted by Crippen LogP contribution is 2.34. The predicted molar refractivity (Wildman–Crippen MR) is 96.8 cm³/mol. The Balaban J connectivity index is 1.86. The fourth-order valence-electron chi connectivity index (χ4n) is 2.84. The van der Waals surface area contributed by atoms with E-state index in [4.69, 9.17) is 11.6 Å². The van der Waals surface area contributed by atoms with E-state index in [0.717, 1.165) is 5.69 Å². The van der Waals surface area contributed by atoms with Crippen LogP contribution in [0.25, 0.3) is 0 Å². The SMILES string of the molecule is CN(C)c1ccc(NC(=O)C2CC(=O)Nc3ccc(F)cc32)cc1Cl. The van der Waals surface area contributed by atoms with Crippen molar-refractivity contribution in [2.75, 3.05) is 29.6 Å². The lowest BCUT2D eigenvalue weighted by Crippen LogP contribution is -2.31. The molecule has 2 aromatic rings. The maximum atomic E-state index is 13.6. The number of nitrogens with one attached hydrogen (secondary N) is 2. The molecule has 1 heterocycles. The first kappa shape index (κ1) is 17.2. The zero-order valence-corrected chi connectivity index (χ0v) is 14.5. The number of anilines is 3. The molecule has 0 aromatic heterocycles. The Hall–Kier alpha value is -2.60. The third kappa shape index (κ3) is 3.58. The van der Waals surface area contributed by atoms with E-state index >= 15 is 0 Å². The van der Waals surface area contributed by atoms with Crippen molar-refractivity contribution in [1.29, 1.82) is 0 Å². The number of amides is 2. The van der Waals surface area contributed by atoms with Gasteiger partial charge in [-0.25, -0.2) is 4.39 Å². The highest BCUT2D eigenvalue weighted by molar-refractivity contribution is 6.33. The topological polar surface area (TPSA) is 61.4 Å². The van der Waals surface area contributed by atoms with Crippen LogP contribution < -0.4 is 15.5 Å². The van der Waals surface area contributed by atoms with Crippen LogP contribution in [0.1, 0.15) is 17.9 Å². The Kier molecular flexibility index (Phi) is 4.63. The first-order chi connectivity index (χ1) is 11.8. The van der Waals surface area contributed by atoms with Crippen molar-refractivity contribution in [3.05, 3.63) is 52.8 Å². The van der Waals surface area contributed by atoms with E-state index in [-0.39, 0.29) is 18.2 Å². The molecular formula is C18H17ClFN3O2. The van der Waals surface area contributed by atoms with Crippen LogP contribution in [-0.2, 0) is 9.59 Å². The zero-order chi connectivity index (χ0) is 18.1. The summed E-state index contributed by atoms with van der Waals surface area (Å²) in [6.45, 7) is 0. The molecule has 0 saturated heterocycles. The van der Waals surface area contributed by atoms with E-state index in [1.165, 1.54) is 18.2 Å². The molecule has 0 fully saturated rings. The van der Waals surface area contributed by atoms with Crippen LogP contribution in [0, 0.1) is 5.82 Å². The smallest absolute Gasteiger partial charge is 0.232 e. The fraction of sp³-hybridized carbons (Fsp3) is 0.222. The Labute approximate surface area is 149 Å². The van der Waals surface area contributed by atoms with Crippen molar-refractivity contribution in [2.45, 2.75) is 12.3 Å². The van der Waals surface area contributed by atoms with Gasteiger partial charge in [-0.1, -0.05) is 11.6 Å². The first-order valence-corrected chi connectivity index (χ1v) is 8.10. The summed E-state index contributed by atoms with van der Waals surface area (Å²) < 4.78 is 13.6. The maximum Gasteiger partial charge on any atom is 0.232 e. The normalized spacial score (nSPS) is 16.0. The van der Waals surface area contributed by atoms with Crippen LogP contribution in [0.15, 0.2) is 36.4 Å². The number of hydrogen-bond acceptors (Lipinski definition) is 3. The van der Waals surface area contributed by atoms with E-state index in [2.05, 4.69) is 10.6 Å². The van der Waals surface area contributed by atoms with Gasteiger partial charge in [0, 0.05) is 31.9 Å². The van der Waals surface area contributed by atoms with Crippen molar-refractivity contribution in [1.82, 2.24) is 0 Å². The highest BCUT2D eigenvalue weighted by Gasteiger charge is 2.31. The van der Waals surface area contributed by atoms with Crippen LogP contribution in [0.2, 0.25) is 5.02 Å². The second kappa shape index (κ2) is 6.72. The summed E-state index contributed by atoms with van der Waals surface area (Å²) in [6.07, 6.45) is -0.0359. The average molecular weight is 362 g/mol. The van der Waals surface area contributed by atoms with Crippen LogP contribution >= 0.6 is 11.6 Å². The number of carbonyl (C=O) groups is 2. The average Bonchev–Trinajstić information content (AvgIpc) is 2.54. The monoisotopic (exact) mass is 361 g/mol.